The van der Waals surface area contributed by atoms with E-state index in [0.717, 1.165) is 37.1 Å². The van der Waals surface area contributed by atoms with Gasteiger partial charge < -0.3 is 5.32 Å². The fourth-order valence-electron chi connectivity index (χ4n) is 2.83. The highest BCUT2D eigenvalue weighted by Gasteiger charge is 2.28. The molecule has 1 heterocycles. The quantitative estimate of drug-likeness (QED) is 0.580. The van der Waals surface area contributed by atoms with E-state index in [1.165, 1.54) is 16.4 Å². The highest BCUT2D eigenvalue weighted by atomic mass is 35.5. The Bertz CT molecular complexity index is 1050. The second-order valence-corrected chi connectivity index (χ2v) is 8.47. The normalized spacial score (nSPS) is 14.8. The SMILES string of the molecule is O=C(Nc1cc([N+](=O)[O-])ccc1F)c1cc(S(=O)(=O)N2CCCC2)ccc1Cl. The van der Waals surface area contributed by atoms with Gasteiger partial charge in [-0.1, -0.05) is 11.6 Å². The van der Waals surface area contributed by atoms with Crippen LogP contribution >= 0.6 is 11.6 Å². The predicted octanol–water partition coefficient (Wildman–Crippen LogP) is 3.42. The molecule has 11 heteroatoms. The molecule has 8 nitrogen and oxygen atoms in total. The van der Waals surface area contributed by atoms with Gasteiger partial charge >= 0.3 is 0 Å². The van der Waals surface area contributed by atoms with Crippen LogP contribution in [0.1, 0.15) is 23.2 Å². The summed E-state index contributed by atoms with van der Waals surface area (Å²) in [6.07, 6.45) is 1.51. The lowest BCUT2D eigenvalue weighted by Gasteiger charge is -2.16. The third-order valence-electron chi connectivity index (χ3n) is 4.29. The number of carbonyl (C=O) groups is 1. The minimum atomic E-state index is -3.78. The zero-order valence-corrected chi connectivity index (χ0v) is 16.0. The van der Waals surface area contributed by atoms with E-state index in [1.54, 1.807) is 0 Å². The third-order valence-corrected chi connectivity index (χ3v) is 6.52. The third kappa shape index (κ3) is 3.98. The van der Waals surface area contributed by atoms with E-state index in [4.69, 9.17) is 11.6 Å². The summed E-state index contributed by atoms with van der Waals surface area (Å²) in [7, 11) is -3.78. The van der Waals surface area contributed by atoms with Gasteiger partial charge in [-0.25, -0.2) is 12.8 Å². The van der Waals surface area contributed by atoms with Crippen molar-refractivity contribution in [2.45, 2.75) is 17.7 Å². The number of halogens is 2. The first kappa shape index (κ1) is 20.2. The van der Waals surface area contributed by atoms with Gasteiger partial charge in [0, 0.05) is 25.2 Å². The number of nitro benzene ring substituents is 1. The lowest BCUT2D eigenvalue weighted by atomic mass is 10.2. The average molecular weight is 428 g/mol. The molecule has 1 aliphatic heterocycles. The van der Waals surface area contributed by atoms with Crippen LogP contribution < -0.4 is 5.32 Å². The van der Waals surface area contributed by atoms with Crippen LogP contribution in [0.5, 0.6) is 0 Å². The number of anilines is 1. The molecule has 2 aromatic rings. The fraction of sp³-hybridized carbons (Fsp3) is 0.235. The number of carbonyl (C=O) groups excluding carboxylic acids is 1. The van der Waals surface area contributed by atoms with E-state index in [1.807, 2.05) is 0 Å². The highest BCUT2D eigenvalue weighted by Crippen LogP contribution is 2.27. The Morgan fingerprint density at radius 3 is 2.50 bits per heavy atom. The van der Waals surface area contributed by atoms with Crippen molar-refractivity contribution < 1.29 is 22.5 Å². The van der Waals surface area contributed by atoms with Crippen LogP contribution in [0.4, 0.5) is 15.8 Å². The molecule has 1 fully saturated rings. The van der Waals surface area contributed by atoms with Crippen molar-refractivity contribution in [3.8, 4) is 0 Å². The lowest BCUT2D eigenvalue weighted by Crippen LogP contribution is -2.28. The summed E-state index contributed by atoms with van der Waals surface area (Å²) in [6.45, 7) is 0.788. The molecular formula is C17H15ClFN3O5S. The van der Waals surface area contributed by atoms with Crippen LogP contribution in [-0.2, 0) is 10.0 Å². The van der Waals surface area contributed by atoms with E-state index in [9.17, 15) is 27.7 Å². The van der Waals surface area contributed by atoms with Crippen LogP contribution in [0, 0.1) is 15.9 Å². The first-order valence-electron chi connectivity index (χ1n) is 8.25. The van der Waals surface area contributed by atoms with Crippen LogP contribution in [0.3, 0.4) is 0 Å². The smallest absolute Gasteiger partial charge is 0.271 e. The zero-order chi connectivity index (χ0) is 20.5. The van der Waals surface area contributed by atoms with Crippen molar-refractivity contribution in [2.75, 3.05) is 18.4 Å². The molecule has 0 spiro atoms. The maximum absolute atomic E-state index is 13.9. The second-order valence-electron chi connectivity index (χ2n) is 6.13. The van der Waals surface area contributed by atoms with Gasteiger partial charge in [-0.3, -0.25) is 14.9 Å². The van der Waals surface area contributed by atoms with Crippen molar-refractivity contribution >= 4 is 38.9 Å². The standard InChI is InChI=1S/C17H15ClFN3O5S/c18-14-5-4-12(28(26,27)21-7-1-2-8-21)10-13(14)17(23)20-16-9-11(22(24)25)3-6-15(16)19/h3-6,9-10H,1-2,7-8H2,(H,20,23). The van der Waals surface area contributed by atoms with E-state index >= 15 is 0 Å². The van der Waals surface area contributed by atoms with Crippen molar-refractivity contribution in [3.63, 3.8) is 0 Å². The minimum absolute atomic E-state index is 0.0382. The van der Waals surface area contributed by atoms with Crippen LogP contribution in [0.15, 0.2) is 41.3 Å². The minimum Gasteiger partial charge on any atom is -0.319 e. The van der Waals surface area contributed by atoms with Gasteiger partial charge in [-0.15, -0.1) is 0 Å². The number of nitrogens with one attached hydrogen (secondary N) is 1. The molecule has 0 aromatic heterocycles. The highest BCUT2D eigenvalue weighted by molar-refractivity contribution is 7.89. The molecule has 1 aliphatic rings. The van der Waals surface area contributed by atoms with E-state index in [2.05, 4.69) is 5.32 Å². The molecule has 0 bridgehead atoms. The molecule has 0 radical (unpaired) electrons. The monoisotopic (exact) mass is 427 g/mol. The first-order chi connectivity index (χ1) is 13.2. The molecule has 2 aromatic carbocycles. The average Bonchev–Trinajstić information content (AvgIpc) is 3.19. The molecule has 148 valence electrons. The molecule has 1 amide bonds. The largest absolute Gasteiger partial charge is 0.319 e. The van der Waals surface area contributed by atoms with Crippen LogP contribution in [-0.4, -0.2) is 36.6 Å². The predicted molar refractivity (Wildman–Crippen MR) is 100 cm³/mol. The number of nitrogens with zero attached hydrogens (tertiary/aromatic N) is 2. The molecular weight excluding hydrogens is 413 g/mol. The van der Waals surface area contributed by atoms with Gasteiger partial charge in [0.25, 0.3) is 11.6 Å². The van der Waals surface area contributed by atoms with E-state index < -0.39 is 38.0 Å². The Kier molecular flexibility index (Phi) is 5.64. The van der Waals surface area contributed by atoms with E-state index in [0.29, 0.717) is 13.1 Å². The van der Waals surface area contributed by atoms with Gasteiger partial charge in [0.05, 0.1) is 26.1 Å². The number of sulfonamides is 1. The fourth-order valence-corrected chi connectivity index (χ4v) is 4.58. The number of rotatable bonds is 5. The second kappa shape index (κ2) is 7.82. The van der Waals surface area contributed by atoms with Gasteiger partial charge in [0.15, 0.2) is 0 Å². The summed E-state index contributed by atoms with van der Waals surface area (Å²) < 4.78 is 40.6. The van der Waals surface area contributed by atoms with Gasteiger partial charge in [0.2, 0.25) is 10.0 Å². The van der Waals surface area contributed by atoms with Gasteiger partial charge in [0.1, 0.15) is 5.82 Å². The number of non-ortho nitro benzene ring substituents is 1. The molecule has 0 aliphatic carbocycles. The summed E-state index contributed by atoms with van der Waals surface area (Å²) in [6, 6.07) is 6.35. The summed E-state index contributed by atoms with van der Waals surface area (Å²) in [5.41, 5.74) is -1.01. The molecule has 1 N–H and O–H groups in total. The van der Waals surface area contributed by atoms with Gasteiger partial charge in [-0.2, -0.15) is 4.31 Å². The zero-order valence-electron chi connectivity index (χ0n) is 14.4. The lowest BCUT2D eigenvalue weighted by molar-refractivity contribution is -0.384. The summed E-state index contributed by atoms with van der Waals surface area (Å²) in [4.78, 5) is 22.5. The first-order valence-corrected chi connectivity index (χ1v) is 10.1. The van der Waals surface area contributed by atoms with E-state index in [-0.39, 0.29) is 15.5 Å². The molecule has 0 saturated carbocycles. The molecule has 1 saturated heterocycles. The topological polar surface area (TPSA) is 110 Å². The number of hydrogen-bond acceptors (Lipinski definition) is 5. The van der Waals surface area contributed by atoms with Crippen molar-refractivity contribution in [1.29, 1.82) is 0 Å². The maximum Gasteiger partial charge on any atom is 0.271 e. The Hall–Kier alpha value is -2.56. The van der Waals surface area contributed by atoms with Crippen molar-refractivity contribution in [2.24, 2.45) is 0 Å². The molecule has 0 atom stereocenters. The van der Waals surface area contributed by atoms with Crippen molar-refractivity contribution in [1.82, 2.24) is 4.31 Å². The van der Waals surface area contributed by atoms with Crippen LogP contribution in [0.2, 0.25) is 5.02 Å². The number of nitro groups is 1. The Labute approximate surface area is 165 Å². The maximum atomic E-state index is 13.9. The Morgan fingerprint density at radius 1 is 1.18 bits per heavy atom. The van der Waals surface area contributed by atoms with Crippen LogP contribution in [0.25, 0.3) is 0 Å². The Morgan fingerprint density at radius 2 is 1.86 bits per heavy atom. The summed E-state index contributed by atoms with van der Waals surface area (Å²) in [5, 5.41) is 13.0. The summed E-state index contributed by atoms with van der Waals surface area (Å²) >= 11 is 6.02. The molecule has 28 heavy (non-hydrogen) atoms. The molecule has 0 unspecified atom stereocenters. The van der Waals surface area contributed by atoms with Gasteiger partial charge in [-0.05, 0) is 37.1 Å². The number of hydrogen-bond donors (Lipinski definition) is 1. The number of amides is 1. The number of benzene rings is 2. The Balaban J connectivity index is 1.92. The summed E-state index contributed by atoms with van der Waals surface area (Å²) in [5.74, 6) is -1.77. The van der Waals surface area contributed by atoms with Crippen molar-refractivity contribution in [3.05, 3.63) is 62.9 Å². The molecule has 3 rings (SSSR count).